The predicted molar refractivity (Wildman–Crippen MR) is 200 cm³/mol. The number of hydrogen-bond acceptors (Lipinski definition) is 1. The summed E-state index contributed by atoms with van der Waals surface area (Å²) < 4.78 is 0. The SMILES string of the molecule is CCCCCCN(CCCCCCCCCCCCCCCC(C)C)CCCCCCCCCCCCCCCC(C)C. The number of nitrogens with zero attached hydrogens (tertiary/aromatic N) is 1. The maximum atomic E-state index is 2.83. The summed E-state index contributed by atoms with van der Waals surface area (Å²) in [5.41, 5.74) is 0. The zero-order valence-electron chi connectivity index (χ0n) is 31.4. The van der Waals surface area contributed by atoms with Crippen molar-refractivity contribution in [1.29, 1.82) is 0 Å². The van der Waals surface area contributed by atoms with E-state index in [-0.39, 0.29) is 0 Å². The van der Waals surface area contributed by atoms with Crippen molar-refractivity contribution in [1.82, 2.24) is 4.90 Å². The molecule has 43 heavy (non-hydrogen) atoms. The van der Waals surface area contributed by atoms with Crippen LogP contribution in [0, 0.1) is 11.8 Å². The van der Waals surface area contributed by atoms with Gasteiger partial charge in [0, 0.05) is 0 Å². The first kappa shape index (κ1) is 43.0. The number of hydrogen-bond donors (Lipinski definition) is 0. The largest absolute Gasteiger partial charge is 0.303 e. The molecule has 0 unspecified atom stereocenters. The smallest absolute Gasteiger partial charge is 0.00187 e. The molecule has 0 aliphatic rings. The van der Waals surface area contributed by atoms with Gasteiger partial charge >= 0.3 is 0 Å². The third-order valence-electron chi connectivity index (χ3n) is 9.84. The molecule has 0 radical (unpaired) electrons. The average molecular weight is 606 g/mol. The minimum absolute atomic E-state index is 0.891. The lowest BCUT2D eigenvalue weighted by molar-refractivity contribution is 0.254. The van der Waals surface area contributed by atoms with Crippen molar-refractivity contribution in [3.05, 3.63) is 0 Å². The van der Waals surface area contributed by atoms with Crippen molar-refractivity contribution in [2.45, 2.75) is 240 Å². The van der Waals surface area contributed by atoms with Gasteiger partial charge in [-0.2, -0.15) is 0 Å². The van der Waals surface area contributed by atoms with Crippen molar-refractivity contribution in [2.75, 3.05) is 19.6 Å². The highest BCUT2D eigenvalue weighted by Gasteiger charge is 2.05. The Labute approximate surface area is 275 Å². The second-order valence-corrected chi connectivity index (χ2v) is 15.5. The van der Waals surface area contributed by atoms with E-state index in [1.54, 1.807) is 0 Å². The van der Waals surface area contributed by atoms with Crippen molar-refractivity contribution in [3.63, 3.8) is 0 Å². The fraction of sp³-hybridized carbons (Fsp3) is 1.00. The molecule has 260 valence electrons. The third kappa shape index (κ3) is 38.1. The zero-order valence-corrected chi connectivity index (χ0v) is 31.4. The van der Waals surface area contributed by atoms with Gasteiger partial charge in [0.1, 0.15) is 0 Å². The van der Waals surface area contributed by atoms with Crippen molar-refractivity contribution < 1.29 is 0 Å². The first-order valence-corrected chi connectivity index (χ1v) is 20.8. The molecule has 0 N–H and O–H groups in total. The summed E-state index contributed by atoms with van der Waals surface area (Å²) >= 11 is 0. The van der Waals surface area contributed by atoms with E-state index in [1.165, 1.54) is 225 Å². The molecule has 1 heteroatoms. The Morgan fingerprint density at radius 1 is 0.279 bits per heavy atom. The van der Waals surface area contributed by atoms with Crippen LogP contribution in [0.5, 0.6) is 0 Å². The van der Waals surface area contributed by atoms with E-state index in [0.717, 1.165) is 11.8 Å². The Bertz CT molecular complexity index is 445. The standard InChI is InChI=1S/C42H87N/c1-6-7-8-33-38-43(39-34-29-25-21-17-13-9-11-15-19-23-27-31-36-41(2)3)40-35-30-26-22-18-14-10-12-16-20-24-28-32-37-42(4)5/h41-42H,6-40H2,1-5H3. The first-order valence-electron chi connectivity index (χ1n) is 20.8. The summed E-state index contributed by atoms with van der Waals surface area (Å²) in [6.07, 6.45) is 46.7. The van der Waals surface area contributed by atoms with Gasteiger partial charge in [0.15, 0.2) is 0 Å². The van der Waals surface area contributed by atoms with Gasteiger partial charge in [0.2, 0.25) is 0 Å². The molecule has 0 heterocycles. The van der Waals surface area contributed by atoms with Crippen LogP contribution < -0.4 is 0 Å². The quantitative estimate of drug-likeness (QED) is 0.0637. The van der Waals surface area contributed by atoms with Gasteiger partial charge in [-0.05, 0) is 50.7 Å². The maximum absolute atomic E-state index is 2.83. The highest BCUT2D eigenvalue weighted by Crippen LogP contribution is 2.16. The second kappa shape index (κ2) is 36.4. The molecule has 0 saturated heterocycles. The van der Waals surface area contributed by atoms with E-state index < -0.39 is 0 Å². The molecule has 0 aromatic carbocycles. The summed E-state index contributed by atoms with van der Waals surface area (Å²) in [4.78, 5) is 2.83. The van der Waals surface area contributed by atoms with Crippen LogP contribution in [0.25, 0.3) is 0 Å². The van der Waals surface area contributed by atoms with Crippen LogP contribution in [-0.4, -0.2) is 24.5 Å². The van der Waals surface area contributed by atoms with Crippen LogP contribution in [0.2, 0.25) is 0 Å². The Morgan fingerprint density at radius 3 is 0.721 bits per heavy atom. The summed E-state index contributed by atoms with van der Waals surface area (Å²) in [7, 11) is 0. The van der Waals surface area contributed by atoms with Crippen molar-refractivity contribution in [3.8, 4) is 0 Å². The normalized spacial score (nSPS) is 12.0. The van der Waals surface area contributed by atoms with E-state index in [2.05, 4.69) is 39.5 Å². The van der Waals surface area contributed by atoms with E-state index in [1.807, 2.05) is 0 Å². The summed E-state index contributed by atoms with van der Waals surface area (Å²) in [6.45, 7) is 15.8. The lowest BCUT2D eigenvalue weighted by Gasteiger charge is -2.22. The second-order valence-electron chi connectivity index (χ2n) is 15.5. The van der Waals surface area contributed by atoms with Crippen LogP contribution in [0.1, 0.15) is 240 Å². The van der Waals surface area contributed by atoms with Gasteiger partial charge in [-0.1, -0.05) is 221 Å². The minimum atomic E-state index is 0.891. The van der Waals surface area contributed by atoms with Crippen LogP contribution in [-0.2, 0) is 0 Å². The molecule has 0 aliphatic heterocycles. The fourth-order valence-corrected chi connectivity index (χ4v) is 6.76. The lowest BCUT2D eigenvalue weighted by atomic mass is 10.0. The Hall–Kier alpha value is -0.0400. The van der Waals surface area contributed by atoms with Gasteiger partial charge in [-0.3, -0.25) is 0 Å². The third-order valence-corrected chi connectivity index (χ3v) is 9.84. The summed E-state index contributed by atoms with van der Waals surface area (Å²) in [5, 5.41) is 0. The van der Waals surface area contributed by atoms with Crippen molar-refractivity contribution in [2.24, 2.45) is 11.8 Å². The van der Waals surface area contributed by atoms with Crippen LogP contribution in [0.15, 0.2) is 0 Å². The zero-order chi connectivity index (χ0) is 31.5. The molecule has 0 atom stereocenters. The fourth-order valence-electron chi connectivity index (χ4n) is 6.76. The molecule has 0 spiro atoms. The van der Waals surface area contributed by atoms with E-state index in [9.17, 15) is 0 Å². The molecule has 1 nitrogen and oxygen atoms in total. The average Bonchev–Trinajstić information content (AvgIpc) is 2.98. The molecule has 0 aliphatic carbocycles. The maximum Gasteiger partial charge on any atom is -0.00187 e. The highest BCUT2D eigenvalue weighted by atomic mass is 15.1. The first-order chi connectivity index (χ1) is 21.1. The molecule has 0 fully saturated rings. The highest BCUT2D eigenvalue weighted by molar-refractivity contribution is 4.61. The molecular weight excluding hydrogens is 518 g/mol. The molecule has 0 amide bonds. The molecule has 0 saturated carbocycles. The Kier molecular flexibility index (Phi) is 36.4. The van der Waals surface area contributed by atoms with Crippen LogP contribution in [0.3, 0.4) is 0 Å². The van der Waals surface area contributed by atoms with Gasteiger partial charge in [-0.15, -0.1) is 0 Å². The minimum Gasteiger partial charge on any atom is -0.303 e. The Morgan fingerprint density at radius 2 is 0.488 bits per heavy atom. The molecule has 0 bridgehead atoms. The molecule has 0 aromatic heterocycles. The monoisotopic (exact) mass is 606 g/mol. The summed E-state index contributed by atoms with van der Waals surface area (Å²) in [6, 6.07) is 0. The Balaban J connectivity index is 3.62. The van der Waals surface area contributed by atoms with E-state index in [0.29, 0.717) is 0 Å². The predicted octanol–water partition coefficient (Wildman–Crippen LogP) is 15.1. The lowest BCUT2D eigenvalue weighted by Crippen LogP contribution is -2.27. The summed E-state index contributed by atoms with van der Waals surface area (Å²) in [5.74, 6) is 1.78. The van der Waals surface area contributed by atoms with Crippen LogP contribution >= 0.6 is 0 Å². The van der Waals surface area contributed by atoms with Gasteiger partial charge in [0.05, 0.1) is 0 Å². The van der Waals surface area contributed by atoms with Gasteiger partial charge in [0.25, 0.3) is 0 Å². The van der Waals surface area contributed by atoms with E-state index >= 15 is 0 Å². The van der Waals surface area contributed by atoms with Gasteiger partial charge in [-0.25, -0.2) is 0 Å². The molecule has 0 rings (SSSR count). The van der Waals surface area contributed by atoms with Gasteiger partial charge < -0.3 is 4.90 Å². The van der Waals surface area contributed by atoms with Crippen molar-refractivity contribution >= 4 is 0 Å². The van der Waals surface area contributed by atoms with Crippen LogP contribution in [0.4, 0.5) is 0 Å². The topological polar surface area (TPSA) is 3.24 Å². The van der Waals surface area contributed by atoms with E-state index in [4.69, 9.17) is 0 Å². The number of unbranched alkanes of at least 4 members (excludes halogenated alkanes) is 27. The number of rotatable bonds is 37. The molecule has 0 aromatic rings. The molecular formula is C42H87N.